The second-order valence-electron chi connectivity index (χ2n) is 4.37. The maximum atomic E-state index is 11.4. The van der Waals surface area contributed by atoms with Crippen molar-refractivity contribution in [3.05, 3.63) is 0 Å². The van der Waals surface area contributed by atoms with Gasteiger partial charge in [0.05, 0.1) is 0 Å². The lowest BCUT2D eigenvalue weighted by Gasteiger charge is -2.23. The van der Waals surface area contributed by atoms with Gasteiger partial charge in [0.25, 0.3) is 5.91 Å². The number of hydrogen-bond acceptors (Lipinski definition) is 2. The van der Waals surface area contributed by atoms with Gasteiger partial charge in [0.2, 0.25) is 5.78 Å². The van der Waals surface area contributed by atoms with Crippen molar-refractivity contribution in [1.82, 2.24) is 4.90 Å². The molecule has 0 aromatic heterocycles. The van der Waals surface area contributed by atoms with Crippen LogP contribution in [0.25, 0.3) is 0 Å². The zero-order valence-corrected chi connectivity index (χ0v) is 9.79. The van der Waals surface area contributed by atoms with Crippen molar-refractivity contribution in [2.45, 2.75) is 58.4 Å². The van der Waals surface area contributed by atoms with Gasteiger partial charge < -0.3 is 4.90 Å². The van der Waals surface area contributed by atoms with Gasteiger partial charge in [0.15, 0.2) is 0 Å². The molecular weight excluding hydrogens is 190 g/mol. The monoisotopic (exact) mass is 211 g/mol. The van der Waals surface area contributed by atoms with Gasteiger partial charge in [0, 0.05) is 19.0 Å². The Bertz CT molecular complexity index is 238. The van der Waals surface area contributed by atoms with Gasteiger partial charge >= 0.3 is 0 Å². The number of carbonyl (C=O) groups excluding carboxylic acids is 2. The lowest BCUT2D eigenvalue weighted by atomic mass is 10.1. The van der Waals surface area contributed by atoms with Crippen LogP contribution in [0, 0.1) is 0 Å². The van der Waals surface area contributed by atoms with Crippen molar-refractivity contribution in [3.8, 4) is 0 Å². The Morgan fingerprint density at radius 1 is 1.27 bits per heavy atom. The van der Waals surface area contributed by atoms with E-state index in [4.69, 9.17) is 0 Å². The molecule has 0 radical (unpaired) electrons. The molecule has 1 saturated heterocycles. The molecule has 0 saturated carbocycles. The first-order valence-electron chi connectivity index (χ1n) is 6.00. The summed E-state index contributed by atoms with van der Waals surface area (Å²) in [7, 11) is 0. The molecule has 0 spiro atoms. The minimum atomic E-state index is -0.266. The molecule has 1 fully saturated rings. The summed E-state index contributed by atoms with van der Waals surface area (Å²) in [6.45, 7) is 4.86. The van der Waals surface area contributed by atoms with E-state index in [-0.39, 0.29) is 17.7 Å². The molecular formula is C12H21NO2. The van der Waals surface area contributed by atoms with Gasteiger partial charge in [0.1, 0.15) is 0 Å². The number of ketones is 1. The van der Waals surface area contributed by atoms with Crippen LogP contribution in [-0.2, 0) is 9.59 Å². The molecule has 15 heavy (non-hydrogen) atoms. The van der Waals surface area contributed by atoms with Crippen molar-refractivity contribution in [2.75, 3.05) is 6.54 Å². The first-order valence-corrected chi connectivity index (χ1v) is 6.00. The third kappa shape index (κ3) is 3.33. The highest BCUT2D eigenvalue weighted by Gasteiger charge is 2.31. The van der Waals surface area contributed by atoms with E-state index in [0.29, 0.717) is 13.0 Å². The van der Waals surface area contributed by atoms with Crippen molar-refractivity contribution in [2.24, 2.45) is 0 Å². The fraction of sp³-hybridized carbons (Fsp3) is 0.833. The molecule has 0 aromatic rings. The Morgan fingerprint density at radius 3 is 2.53 bits per heavy atom. The predicted octanol–water partition coefficient (Wildman–Crippen LogP) is 2.15. The lowest BCUT2D eigenvalue weighted by molar-refractivity contribution is -0.141. The van der Waals surface area contributed by atoms with Crippen LogP contribution < -0.4 is 0 Å². The number of likely N-dealkylation sites (tertiary alicyclic amines) is 1. The number of nitrogens with zero attached hydrogens (tertiary/aromatic N) is 1. The van der Waals surface area contributed by atoms with Crippen LogP contribution in [-0.4, -0.2) is 29.2 Å². The molecule has 1 heterocycles. The summed E-state index contributed by atoms with van der Waals surface area (Å²) in [6, 6.07) is 0.237. The molecule has 0 bridgehead atoms. The van der Waals surface area contributed by atoms with Crippen LogP contribution in [0.4, 0.5) is 0 Å². The molecule has 1 atom stereocenters. The highest BCUT2D eigenvalue weighted by molar-refractivity contribution is 6.37. The topological polar surface area (TPSA) is 37.4 Å². The van der Waals surface area contributed by atoms with E-state index in [1.807, 2.05) is 6.92 Å². The summed E-state index contributed by atoms with van der Waals surface area (Å²) in [6.07, 6.45) is 6.33. The zero-order chi connectivity index (χ0) is 11.3. The molecule has 3 heteroatoms. The van der Waals surface area contributed by atoms with E-state index in [1.165, 1.54) is 19.3 Å². The van der Waals surface area contributed by atoms with Crippen LogP contribution in [0.15, 0.2) is 0 Å². The van der Waals surface area contributed by atoms with Gasteiger partial charge in [-0.1, -0.05) is 32.6 Å². The van der Waals surface area contributed by atoms with Crippen LogP contribution in [0.5, 0.6) is 0 Å². The summed E-state index contributed by atoms with van der Waals surface area (Å²) >= 11 is 0. The van der Waals surface area contributed by atoms with Crippen molar-refractivity contribution in [1.29, 1.82) is 0 Å². The molecule has 1 rings (SSSR count). The maximum Gasteiger partial charge on any atom is 0.290 e. The van der Waals surface area contributed by atoms with Gasteiger partial charge in [-0.25, -0.2) is 0 Å². The van der Waals surface area contributed by atoms with E-state index < -0.39 is 0 Å². The Kier molecular flexibility index (Phi) is 4.79. The third-order valence-corrected chi connectivity index (χ3v) is 3.09. The molecule has 1 unspecified atom stereocenters. The van der Waals surface area contributed by atoms with Crippen LogP contribution >= 0.6 is 0 Å². The van der Waals surface area contributed by atoms with Crippen molar-refractivity contribution >= 4 is 11.7 Å². The fourth-order valence-corrected chi connectivity index (χ4v) is 2.03. The summed E-state index contributed by atoms with van der Waals surface area (Å²) in [4.78, 5) is 24.2. The Hall–Kier alpha value is -0.860. The van der Waals surface area contributed by atoms with E-state index >= 15 is 0 Å². The first-order chi connectivity index (χ1) is 7.16. The van der Waals surface area contributed by atoms with E-state index in [0.717, 1.165) is 12.8 Å². The number of Topliss-reactive ketones (excluding diaryl/α,β-unsaturated/α-hetero) is 1. The molecule has 86 valence electrons. The molecule has 1 aliphatic rings. The molecule has 3 nitrogen and oxygen atoms in total. The fourth-order valence-electron chi connectivity index (χ4n) is 2.03. The maximum absolute atomic E-state index is 11.4. The number of hydrogen-bond donors (Lipinski definition) is 0. The summed E-state index contributed by atoms with van der Waals surface area (Å²) in [5.74, 6) is -0.478. The number of rotatable bonds is 6. The number of unbranched alkanes of at least 4 members (excludes halogenated alkanes) is 3. The van der Waals surface area contributed by atoms with E-state index in [1.54, 1.807) is 4.90 Å². The zero-order valence-electron chi connectivity index (χ0n) is 9.79. The largest absolute Gasteiger partial charge is 0.333 e. The van der Waals surface area contributed by atoms with Gasteiger partial charge in [-0.2, -0.15) is 0 Å². The first kappa shape index (κ1) is 12.2. The number of amides is 1. The quantitative estimate of drug-likeness (QED) is 0.498. The Balaban J connectivity index is 2.25. The molecule has 1 aliphatic heterocycles. The SMILES string of the molecule is CCCCCCC(C)N1CCC(=O)C1=O. The second-order valence-corrected chi connectivity index (χ2v) is 4.37. The van der Waals surface area contributed by atoms with Gasteiger partial charge in [-0.05, 0) is 13.3 Å². The van der Waals surface area contributed by atoms with E-state index in [2.05, 4.69) is 6.92 Å². The Labute approximate surface area is 91.8 Å². The third-order valence-electron chi connectivity index (χ3n) is 3.09. The Morgan fingerprint density at radius 2 is 2.00 bits per heavy atom. The highest BCUT2D eigenvalue weighted by Crippen LogP contribution is 2.15. The van der Waals surface area contributed by atoms with E-state index in [9.17, 15) is 9.59 Å². The normalized spacial score (nSPS) is 18.7. The smallest absolute Gasteiger partial charge is 0.290 e. The minimum absolute atomic E-state index is 0.213. The minimum Gasteiger partial charge on any atom is -0.333 e. The summed E-state index contributed by atoms with van der Waals surface area (Å²) < 4.78 is 0. The van der Waals surface area contributed by atoms with Crippen LogP contribution in [0.1, 0.15) is 52.4 Å². The van der Waals surface area contributed by atoms with Gasteiger partial charge in [-0.3, -0.25) is 9.59 Å². The summed E-state index contributed by atoms with van der Waals surface area (Å²) in [5, 5.41) is 0. The molecule has 0 aromatic carbocycles. The van der Waals surface area contributed by atoms with Crippen molar-refractivity contribution in [3.63, 3.8) is 0 Å². The standard InChI is InChI=1S/C12H21NO2/c1-3-4-5-6-7-10(2)13-9-8-11(14)12(13)15/h10H,3-9H2,1-2H3. The molecule has 0 aliphatic carbocycles. The summed E-state index contributed by atoms with van der Waals surface area (Å²) in [5.41, 5.74) is 0. The highest BCUT2D eigenvalue weighted by atomic mass is 16.2. The number of carbonyl (C=O) groups is 2. The van der Waals surface area contributed by atoms with Crippen LogP contribution in [0.2, 0.25) is 0 Å². The van der Waals surface area contributed by atoms with Crippen LogP contribution in [0.3, 0.4) is 0 Å². The average Bonchev–Trinajstić information content (AvgIpc) is 2.55. The predicted molar refractivity (Wildman–Crippen MR) is 59.6 cm³/mol. The van der Waals surface area contributed by atoms with Crippen molar-refractivity contribution < 1.29 is 9.59 Å². The van der Waals surface area contributed by atoms with Gasteiger partial charge in [-0.15, -0.1) is 0 Å². The lowest BCUT2D eigenvalue weighted by Crippen LogP contribution is -2.35. The molecule has 1 amide bonds. The average molecular weight is 211 g/mol. The molecule has 0 N–H and O–H groups in total. The second kappa shape index (κ2) is 5.89.